The summed E-state index contributed by atoms with van der Waals surface area (Å²) in [5, 5.41) is 0.553. The number of aromatic nitrogens is 1. The van der Waals surface area contributed by atoms with Gasteiger partial charge < -0.3 is 14.2 Å². The number of thiazole rings is 1. The van der Waals surface area contributed by atoms with Crippen molar-refractivity contribution < 1.29 is 23.8 Å². The molecule has 0 amide bonds. The van der Waals surface area contributed by atoms with Crippen LogP contribution in [0.5, 0.6) is 11.5 Å². The zero-order valence-corrected chi connectivity index (χ0v) is 23.9. The average molecular weight is 569 g/mol. The number of hydrogen-bond acceptors (Lipinski definition) is 8. The normalized spacial score (nSPS) is 15.2. The van der Waals surface area contributed by atoms with Gasteiger partial charge >= 0.3 is 11.9 Å². The average Bonchev–Trinajstić information content (AvgIpc) is 3.16. The van der Waals surface area contributed by atoms with E-state index in [-0.39, 0.29) is 29.4 Å². The predicted octanol–water partition coefficient (Wildman–Crippen LogP) is 4.41. The number of esters is 2. The van der Waals surface area contributed by atoms with E-state index in [1.165, 1.54) is 22.8 Å². The van der Waals surface area contributed by atoms with Crippen molar-refractivity contribution in [3.05, 3.63) is 89.6 Å². The highest BCUT2D eigenvalue weighted by Gasteiger charge is 2.34. The largest absolute Gasteiger partial charge is 0.490 e. The molecule has 2 aromatic carbocycles. The van der Waals surface area contributed by atoms with Crippen LogP contribution in [0.15, 0.2) is 63.5 Å². The van der Waals surface area contributed by atoms with Gasteiger partial charge in [0.1, 0.15) is 0 Å². The third-order valence-corrected chi connectivity index (χ3v) is 6.99. The molecular weight excluding hydrogens is 540 g/mol. The van der Waals surface area contributed by atoms with E-state index in [9.17, 15) is 14.4 Å². The molecule has 0 spiro atoms. The Labute approximate surface area is 234 Å². The first-order chi connectivity index (χ1) is 18.6. The summed E-state index contributed by atoms with van der Waals surface area (Å²) in [4.78, 5) is 43.9. The molecule has 1 aromatic heterocycles. The molecule has 3 aromatic rings. The molecule has 0 aliphatic carbocycles. The Morgan fingerprint density at radius 2 is 1.95 bits per heavy atom. The highest BCUT2D eigenvalue weighted by Crippen LogP contribution is 2.36. The van der Waals surface area contributed by atoms with Gasteiger partial charge in [-0.2, -0.15) is 0 Å². The first-order valence-corrected chi connectivity index (χ1v) is 13.7. The van der Waals surface area contributed by atoms with Gasteiger partial charge in [-0.05, 0) is 61.2 Å². The van der Waals surface area contributed by atoms with E-state index in [1.54, 1.807) is 49.4 Å². The molecule has 2 heterocycles. The zero-order chi connectivity index (χ0) is 28.3. The minimum atomic E-state index is -0.840. The highest BCUT2D eigenvalue weighted by molar-refractivity contribution is 7.07. The van der Waals surface area contributed by atoms with E-state index in [4.69, 9.17) is 25.8 Å². The smallest absolute Gasteiger partial charge is 0.338 e. The van der Waals surface area contributed by atoms with Crippen LogP contribution in [0, 0.1) is 5.92 Å². The van der Waals surface area contributed by atoms with Crippen molar-refractivity contribution in [2.45, 2.75) is 40.7 Å². The summed E-state index contributed by atoms with van der Waals surface area (Å²) in [6.07, 6.45) is 1.75. The Kier molecular flexibility index (Phi) is 8.72. The molecule has 0 bridgehead atoms. The maximum Gasteiger partial charge on any atom is 0.338 e. The van der Waals surface area contributed by atoms with Gasteiger partial charge in [0.25, 0.3) is 5.56 Å². The molecule has 204 valence electrons. The van der Waals surface area contributed by atoms with Crippen LogP contribution in [0.2, 0.25) is 5.02 Å². The molecular formula is C29H29ClN2O6S. The van der Waals surface area contributed by atoms with E-state index >= 15 is 0 Å². The fraction of sp³-hybridized carbons (Fsp3) is 0.310. The van der Waals surface area contributed by atoms with Gasteiger partial charge in [0, 0.05) is 11.9 Å². The first-order valence-electron chi connectivity index (χ1n) is 12.5. The fourth-order valence-corrected chi connectivity index (χ4v) is 5.41. The lowest BCUT2D eigenvalue weighted by Crippen LogP contribution is -2.40. The van der Waals surface area contributed by atoms with Crippen LogP contribution >= 0.6 is 22.9 Å². The Morgan fingerprint density at radius 3 is 2.62 bits per heavy atom. The highest BCUT2D eigenvalue weighted by atomic mass is 35.5. The second kappa shape index (κ2) is 12.0. The molecule has 0 N–H and O–H groups in total. The minimum Gasteiger partial charge on any atom is -0.490 e. The lowest BCUT2D eigenvalue weighted by atomic mass is 9.95. The minimum absolute atomic E-state index is 0.125. The van der Waals surface area contributed by atoms with Crippen molar-refractivity contribution in [3.8, 4) is 11.5 Å². The molecule has 4 rings (SSSR count). The number of benzene rings is 2. The van der Waals surface area contributed by atoms with Gasteiger partial charge in [-0.25, -0.2) is 9.79 Å². The molecule has 10 heteroatoms. The maximum absolute atomic E-state index is 13.8. The van der Waals surface area contributed by atoms with Gasteiger partial charge in [-0.1, -0.05) is 55.0 Å². The summed E-state index contributed by atoms with van der Waals surface area (Å²) in [7, 11) is 0. The van der Waals surface area contributed by atoms with Gasteiger partial charge in [0.2, 0.25) is 0 Å². The third-order valence-electron chi connectivity index (χ3n) is 5.77. The molecule has 39 heavy (non-hydrogen) atoms. The fourth-order valence-electron chi connectivity index (χ4n) is 4.17. The summed E-state index contributed by atoms with van der Waals surface area (Å²) in [5.41, 5.74) is 1.73. The number of ether oxygens (including phenoxy) is 3. The lowest BCUT2D eigenvalue weighted by molar-refractivity contribution is -0.140. The SMILES string of the molecule is CCOc1cc(C2C(C(=O)OCC(C)C)=C(C)N=c3s/c(=C/c4cccc(Cl)c4)c(=O)n32)ccc1OC(C)=O. The summed E-state index contributed by atoms with van der Waals surface area (Å²) < 4.78 is 18.6. The number of rotatable bonds is 8. The lowest BCUT2D eigenvalue weighted by Gasteiger charge is -2.25. The number of allylic oxidation sites excluding steroid dienone is 1. The van der Waals surface area contributed by atoms with E-state index < -0.39 is 18.0 Å². The number of hydrogen-bond donors (Lipinski definition) is 0. The standard InChI is InChI=1S/C29H29ClN2O6S/c1-6-36-23-14-20(10-11-22(23)38-18(5)33)26-25(28(35)37-15-16(2)3)17(4)31-29-32(26)27(34)24(39-29)13-19-8-7-9-21(30)12-19/h7-14,16,26H,6,15H2,1-5H3/b24-13+. The van der Waals surface area contributed by atoms with E-state index in [1.807, 2.05) is 26.8 Å². The zero-order valence-electron chi connectivity index (χ0n) is 22.3. The molecule has 0 saturated carbocycles. The number of carbonyl (C=O) groups excluding carboxylic acids is 2. The van der Waals surface area contributed by atoms with Crippen molar-refractivity contribution in [1.82, 2.24) is 4.57 Å². The van der Waals surface area contributed by atoms with E-state index in [0.29, 0.717) is 38.0 Å². The summed E-state index contributed by atoms with van der Waals surface area (Å²) in [6.45, 7) is 9.26. The van der Waals surface area contributed by atoms with Gasteiger partial charge in [-0.3, -0.25) is 14.2 Å². The van der Waals surface area contributed by atoms with Crippen LogP contribution < -0.4 is 24.4 Å². The summed E-state index contributed by atoms with van der Waals surface area (Å²) >= 11 is 7.37. The van der Waals surface area contributed by atoms with Crippen molar-refractivity contribution in [3.63, 3.8) is 0 Å². The topological polar surface area (TPSA) is 96.2 Å². The predicted molar refractivity (Wildman–Crippen MR) is 150 cm³/mol. The number of fused-ring (bicyclic) bond motifs is 1. The summed E-state index contributed by atoms with van der Waals surface area (Å²) in [6, 6.07) is 11.3. The van der Waals surface area contributed by atoms with Gasteiger partial charge in [-0.15, -0.1) is 0 Å². The Bertz CT molecular complexity index is 1640. The molecule has 0 fully saturated rings. The van der Waals surface area contributed by atoms with Crippen LogP contribution in [-0.2, 0) is 14.3 Å². The molecule has 1 aliphatic rings. The molecule has 8 nitrogen and oxygen atoms in total. The number of nitrogens with zero attached hydrogens (tertiary/aromatic N) is 2. The van der Waals surface area contributed by atoms with Gasteiger partial charge in [0.05, 0.1) is 35.1 Å². The van der Waals surface area contributed by atoms with Crippen LogP contribution in [0.1, 0.15) is 51.8 Å². The van der Waals surface area contributed by atoms with Crippen molar-refractivity contribution in [2.75, 3.05) is 13.2 Å². The molecule has 0 saturated heterocycles. The third kappa shape index (κ3) is 6.32. The monoisotopic (exact) mass is 568 g/mol. The van der Waals surface area contributed by atoms with Crippen molar-refractivity contribution >= 4 is 41.0 Å². The van der Waals surface area contributed by atoms with Crippen LogP contribution in [0.3, 0.4) is 0 Å². The Morgan fingerprint density at radius 1 is 1.18 bits per heavy atom. The van der Waals surface area contributed by atoms with Crippen molar-refractivity contribution in [1.29, 1.82) is 0 Å². The quantitative estimate of drug-likeness (QED) is 0.295. The van der Waals surface area contributed by atoms with Crippen molar-refractivity contribution in [2.24, 2.45) is 10.9 Å². The van der Waals surface area contributed by atoms with Crippen LogP contribution in [0.25, 0.3) is 6.08 Å². The molecule has 0 radical (unpaired) electrons. The maximum atomic E-state index is 13.8. The van der Waals surface area contributed by atoms with Crippen LogP contribution in [-0.4, -0.2) is 29.7 Å². The van der Waals surface area contributed by atoms with Gasteiger partial charge in [0.15, 0.2) is 16.3 Å². The second-order valence-corrected chi connectivity index (χ2v) is 10.8. The van der Waals surface area contributed by atoms with Crippen LogP contribution in [0.4, 0.5) is 0 Å². The van der Waals surface area contributed by atoms with E-state index in [0.717, 1.165) is 5.56 Å². The Balaban J connectivity index is 1.93. The van der Waals surface area contributed by atoms with E-state index in [2.05, 4.69) is 4.99 Å². The second-order valence-electron chi connectivity index (χ2n) is 9.36. The molecule has 1 aliphatic heterocycles. The number of halogens is 1. The Hall–Kier alpha value is -3.69. The molecule has 1 unspecified atom stereocenters. The summed E-state index contributed by atoms with van der Waals surface area (Å²) in [5.74, 6) is -0.367. The molecule has 1 atom stereocenters. The first kappa shape index (κ1) is 28.3. The number of carbonyl (C=O) groups is 2.